The second-order valence-corrected chi connectivity index (χ2v) is 8.75. The second kappa shape index (κ2) is 5.51. The predicted octanol–water partition coefficient (Wildman–Crippen LogP) is 1.69. The van der Waals surface area contributed by atoms with Gasteiger partial charge in [-0.15, -0.1) is 11.3 Å². The summed E-state index contributed by atoms with van der Waals surface area (Å²) >= 11 is 1.65. The molecular weight excluding hydrogens is 308 g/mol. The Hall–Kier alpha value is -1.25. The van der Waals surface area contributed by atoms with E-state index >= 15 is 0 Å². The van der Waals surface area contributed by atoms with Gasteiger partial charge in [-0.25, -0.2) is 22.7 Å². The third kappa shape index (κ3) is 2.88. The van der Waals surface area contributed by atoms with E-state index in [9.17, 15) is 8.42 Å². The summed E-state index contributed by atoms with van der Waals surface area (Å²) in [6.07, 6.45) is 1.56. The molecule has 0 saturated carbocycles. The lowest BCUT2D eigenvalue weighted by Crippen LogP contribution is -2.52. The minimum Gasteiger partial charge on any atom is -0.369 e. The summed E-state index contributed by atoms with van der Waals surface area (Å²) in [4.78, 5) is 10.7. The SMILES string of the molecule is CCS(=O)(=O)N1CC(CNc2ncnc3sc(C)cc23)C1. The highest BCUT2D eigenvalue weighted by Gasteiger charge is 2.34. The fraction of sp³-hybridized carbons (Fsp3) is 0.538. The Morgan fingerprint density at radius 2 is 2.19 bits per heavy atom. The Balaban J connectivity index is 1.61. The van der Waals surface area contributed by atoms with Gasteiger partial charge in [-0.3, -0.25) is 0 Å². The van der Waals surface area contributed by atoms with E-state index in [4.69, 9.17) is 0 Å². The van der Waals surface area contributed by atoms with Crippen LogP contribution in [0, 0.1) is 12.8 Å². The van der Waals surface area contributed by atoms with Crippen LogP contribution in [0.2, 0.25) is 0 Å². The molecule has 0 radical (unpaired) electrons. The van der Waals surface area contributed by atoms with Crippen LogP contribution in [0.25, 0.3) is 10.2 Å². The molecule has 1 N–H and O–H groups in total. The van der Waals surface area contributed by atoms with Gasteiger partial charge in [0.2, 0.25) is 10.0 Å². The summed E-state index contributed by atoms with van der Waals surface area (Å²) in [5, 5.41) is 4.37. The minimum absolute atomic E-state index is 0.174. The van der Waals surface area contributed by atoms with Crippen LogP contribution < -0.4 is 5.32 Å². The number of sulfonamides is 1. The Labute approximate surface area is 128 Å². The summed E-state index contributed by atoms with van der Waals surface area (Å²) in [6.45, 7) is 5.66. The van der Waals surface area contributed by atoms with Gasteiger partial charge in [-0.1, -0.05) is 0 Å². The smallest absolute Gasteiger partial charge is 0.213 e. The van der Waals surface area contributed by atoms with Crippen LogP contribution in [0.4, 0.5) is 5.82 Å². The minimum atomic E-state index is -3.03. The molecule has 0 aromatic carbocycles. The largest absolute Gasteiger partial charge is 0.369 e. The Kier molecular flexibility index (Phi) is 3.85. The van der Waals surface area contributed by atoms with Crippen molar-refractivity contribution in [2.45, 2.75) is 13.8 Å². The van der Waals surface area contributed by atoms with Gasteiger partial charge >= 0.3 is 0 Å². The van der Waals surface area contributed by atoms with Gasteiger partial charge in [0.25, 0.3) is 0 Å². The van der Waals surface area contributed by atoms with E-state index < -0.39 is 10.0 Å². The molecule has 6 nitrogen and oxygen atoms in total. The number of nitrogens with one attached hydrogen (secondary N) is 1. The molecular formula is C13H18N4O2S2. The van der Waals surface area contributed by atoms with Gasteiger partial charge in [0, 0.05) is 30.4 Å². The molecule has 114 valence electrons. The molecule has 2 aromatic rings. The Bertz CT molecular complexity index is 751. The van der Waals surface area contributed by atoms with E-state index in [1.54, 1.807) is 28.9 Å². The molecule has 3 heterocycles. The fourth-order valence-electron chi connectivity index (χ4n) is 2.42. The number of hydrogen-bond donors (Lipinski definition) is 1. The van der Waals surface area contributed by atoms with Crippen LogP contribution in [-0.4, -0.2) is 48.1 Å². The molecule has 1 aliphatic heterocycles. The van der Waals surface area contributed by atoms with Crippen molar-refractivity contribution in [1.82, 2.24) is 14.3 Å². The number of aryl methyl sites for hydroxylation is 1. The third-order valence-electron chi connectivity index (χ3n) is 3.69. The van der Waals surface area contributed by atoms with Crippen LogP contribution in [0.15, 0.2) is 12.4 Å². The van der Waals surface area contributed by atoms with Crippen LogP contribution in [0.1, 0.15) is 11.8 Å². The average Bonchev–Trinajstić information content (AvgIpc) is 2.77. The monoisotopic (exact) mass is 326 g/mol. The zero-order chi connectivity index (χ0) is 15.0. The highest BCUT2D eigenvalue weighted by Crippen LogP contribution is 2.28. The molecule has 0 amide bonds. The molecule has 2 aromatic heterocycles. The van der Waals surface area contributed by atoms with Gasteiger partial charge in [0.1, 0.15) is 17.0 Å². The zero-order valence-corrected chi connectivity index (χ0v) is 13.7. The molecule has 0 spiro atoms. The Morgan fingerprint density at radius 1 is 1.43 bits per heavy atom. The molecule has 0 bridgehead atoms. The third-order valence-corrected chi connectivity index (χ3v) is 6.47. The lowest BCUT2D eigenvalue weighted by atomic mass is 10.0. The zero-order valence-electron chi connectivity index (χ0n) is 12.0. The first kappa shape index (κ1) is 14.7. The van der Waals surface area contributed by atoms with E-state index in [-0.39, 0.29) is 5.75 Å². The lowest BCUT2D eigenvalue weighted by molar-refractivity contribution is 0.212. The molecule has 0 unspecified atom stereocenters. The second-order valence-electron chi connectivity index (χ2n) is 5.26. The van der Waals surface area contributed by atoms with Crippen molar-refractivity contribution in [3.05, 3.63) is 17.3 Å². The maximum Gasteiger partial charge on any atom is 0.213 e. The van der Waals surface area contributed by atoms with Crippen molar-refractivity contribution in [2.75, 3.05) is 30.7 Å². The number of hydrogen-bond acceptors (Lipinski definition) is 6. The molecule has 0 atom stereocenters. The van der Waals surface area contributed by atoms with E-state index in [0.29, 0.717) is 19.0 Å². The van der Waals surface area contributed by atoms with Gasteiger partial charge in [0.15, 0.2) is 0 Å². The molecule has 0 aliphatic carbocycles. The molecule has 1 aliphatic rings. The van der Waals surface area contributed by atoms with Gasteiger partial charge in [-0.05, 0) is 19.9 Å². The first-order chi connectivity index (χ1) is 9.99. The summed E-state index contributed by atoms with van der Waals surface area (Å²) in [7, 11) is -3.03. The number of rotatable bonds is 5. The van der Waals surface area contributed by atoms with E-state index in [1.165, 1.54) is 4.88 Å². The molecule has 3 rings (SSSR count). The maximum atomic E-state index is 11.7. The lowest BCUT2D eigenvalue weighted by Gasteiger charge is -2.38. The van der Waals surface area contributed by atoms with Gasteiger partial charge in [-0.2, -0.15) is 0 Å². The number of thiophene rings is 1. The van der Waals surface area contributed by atoms with Gasteiger partial charge in [0.05, 0.1) is 11.1 Å². The summed E-state index contributed by atoms with van der Waals surface area (Å²) < 4.78 is 24.9. The first-order valence-electron chi connectivity index (χ1n) is 6.92. The van der Waals surface area contributed by atoms with Crippen molar-refractivity contribution in [3.8, 4) is 0 Å². The molecule has 1 saturated heterocycles. The Morgan fingerprint density at radius 3 is 2.90 bits per heavy atom. The van der Waals surface area contributed by atoms with Crippen LogP contribution in [-0.2, 0) is 10.0 Å². The molecule has 21 heavy (non-hydrogen) atoms. The summed E-state index contributed by atoms with van der Waals surface area (Å²) in [5.74, 6) is 1.35. The number of nitrogens with zero attached hydrogens (tertiary/aromatic N) is 3. The van der Waals surface area contributed by atoms with Crippen molar-refractivity contribution in [1.29, 1.82) is 0 Å². The van der Waals surface area contributed by atoms with E-state index in [1.807, 2.05) is 0 Å². The highest BCUT2D eigenvalue weighted by molar-refractivity contribution is 7.89. The standard InChI is InChI=1S/C13H18N4O2S2/c1-3-21(18,19)17-6-10(7-17)5-14-12-11-4-9(2)20-13(11)16-8-15-12/h4,8,10H,3,5-7H2,1-2H3,(H,14,15,16). The summed E-state index contributed by atoms with van der Waals surface area (Å²) in [6, 6.07) is 2.08. The topological polar surface area (TPSA) is 75.2 Å². The van der Waals surface area contributed by atoms with Crippen molar-refractivity contribution >= 4 is 37.4 Å². The van der Waals surface area contributed by atoms with Crippen molar-refractivity contribution < 1.29 is 8.42 Å². The van der Waals surface area contributed by atoms with E-state index in [2.05, 4.69) is 28.3 Å². The summed E-state index contributed by atoms with van der Waals surface area (Å²) in [5.41, 5.74) is 0. The first-order valence-corrected chi connectivity index (χ1v) is 9.35. The van der Waals surface area contributed by atoms with Gasteiger partial charge < -0.3 is 5.32 Å². The quantitative estimate of drug-likeness (QED) is 0.905. The van der Waals surface area contributed by atoms with Crippen molar-refractivity contribution in [3.63, 3.8) is 0 Å². The van der Waals surface area contributed by atoms with Crippen LogP contribution >= 0.6 is 11.3 Å². The number of fused-ring (bicyclic) bond motifs is 1. The fourth-order valence-corrected chi connectivity index (χ4v) is 4.51. The predicted molar refractivity (Wildman–Crippen MR) is 85.2 cm³/mol. The molecule has 8 heteroatoms. The number of anilines is 1. The van der Waals surface area contributed by atoms with Crippen molar-refractivity contribution in [2.24, 2.45) is 5.92 Å². The van der Waals surface area contributed by atoms with Crippen LogP contribution in [0.3, 0.4) is 0 Å². The highest BCUT2D eigenvalue weighted by atomic mass is 32.2. The average molecular weight is 326 g/mol. The van der Waals surface area contributed by atoms with Crippen LogP contribution in [0.5, 0.6) is 0 Å². The maximum absolute atomic E-state index is 11.7. The number of aromatic nitrogens is 2. The van der Waals surface area contributed by atoms with E-state index in [0.717, 1.165) is 22.6 Å². The molecule has 1 fully saturated rings. The normalized spacial score (nSPS) is 17.0.